The molecule has 1 aliphatic carbocycles. The number of hydrogen-bond acceptors (Lipinski definition) is 6. The topological polar surface area (TPSA) is 98.0 Å². The molecular weight excluding hydrogens is 456 g/mol. The first-order valence-electron chi connectivity index (χ1n) is 11.4. The predicted molar refractivity (Wildman–Crippen MR) is 133 cm³/mol. The van der Waals surface area contributed by atoms with Gasteiger partial charge in [0, 0.05) is 29.5 Å². The SMILES string of the molecule is Cc1nc(N)ccc1CCC(=O)[C@H](C)NC(=O)[C@@H]1CC[C@@H](Cc2nc3cc(Cl)ccc3s2)C1. The van der Waals surface area contributed by atoms with Crippen LogP contribution in [-0.4, -0.2) is 27.7 Å². The number of nitrogen functional groups attached to an aromatic ring is 1. The van der Waals surface area contributed by atoms with Crippen molar-refractivity contribution < 1.29 is 9.59 Å². The Kier molecular flexibility index (Phi) is 7.29. The number of nitrogens with zero attached hydrogens (tertiary/aromatic N) is 2. The minimum absolute atomic E-state index is 0.0141. The Morgan fingerprint density at radius 2 is 2.06 bits per heavy atom. The number of aromatic nitrogens is 2. The predicted octanol–water partition coefficient (Wildman–Crippen LogP) is 4.90. The van der Waals surface area contributed by atoms with Crippen LogP contribution in [0, 0.1) is 18.8 Å². The molecule has 3 aromatic rings. The van der Waals surface area contributed by atoms with Crippen LogP contribution < -0.4 is 11.1 Å². The minimum Gasteiger partial charge on any atom is -0.384 e. The highest BCUT2D eigenvalue weighted by Gasteiger charge is 2.31. The van der Waals surface area contributed by atoms with Gasteiger partial charge in [-0.1, -0.05) is 17.7 Å². The second kappa shape index (κ2) is 10.2. The summed E-state index contributed by atoms with van der Waals surface area (Å²) in [7, 11) is 0. The minimum atomic E-state index is -0.493. The molecule has 2 aromatic heterocycles. The van der Waals surface area contributed by atoms with Crippen molar-refractivity contribution in [3.05, 3.63) is 51.6 Å². The number of carbonyl (C=O) groups excluding carboxylic acids is 2. The largest absolute Gasteiger partial charge is 0.384 e. The maximum absolute atomic E-state index is 12.8. The lowest BCUT2D eigenvalue weighted by Crippen LogP contribution is -2.41. The van der Waals surface area contributed by atoms with Gasteiger partial charge in [0.2, 0.25) is 5.91 Å². The quantitative estimate of drug-likeness (QED) is 0.473. The van der Waals surface area contributed by atoms with E-state index < -0.39 is 6.04 Å². The van der Waals surface area contributed by atoms with Gasteiger partial charge in [-0.15, -0.1) is 11.3 Å². The molecule has 0 bridgehead atoms. The number of ketones is 1. The monoisotopic (exact) mass is 484 g/mol. The Labute approximate surface area is 203 Å². The Morgan fingerprint density at radius 1 is 1.24 bits per heavy atom. The number of Topliss-reactive ketones (excluding diaryl/α,β-unsaturated/α-hetero) is 1. The van der Waals surface area contributed by atoms with Gasteiger partial charge in [-0.25, -0.2) is 9.97 Å². The van der Waals surface area contributed by atoms with Crippen molar-refractivity contribution in [2.45, 2.75) is 58.4 Å². The van der Waals surface area contributed by atoms with E-state index in [4.69, 9.17) is 22.3 Å². The standard InChI is InChI=1S/C25H29ClN4O2S/c1-14-17(6-10-23(27)28-14)5-8-21(31)15(2)29-25(32)18-4-3-16(11-18)12-24-30-20-13-19(26)7-9-22(20)33-24/h6-7,9-10,13,15-16,18H,3-5,8,11-12H2,1-2H3,(H2,27,28)(H,29,32)/t15-,16+,18+/m0/s1. The van der Waals surface area contributed by atoms with Gasteiger partial charge in [0.1, 0.15) is 5.82 Å². The van der Waals surface area contributed by atoms with Gasteiger partial charge in [-0.3, -0.25) is 9.59 Å². The van der Waals surface area contributed by atoms with E-state index in [1.54, 1.807) is 24.3 Å². The maximum atomic E-state index is 12.8. The van der Waals surface area contributed by atoms with Crippen molar-refractivity contribution in [2.24, 2.45) is 11.8 Å². The van der Waals surface area contributed by atoms with E-state index in [0.29, 0.717) is 29.6 Å². The lowest BCUT2D eigenvalue weighted by molar-refractivity contribution is -0.129. The normalized spacial score (nSPS) is 19.0. The summed E-state index contributed by atoms with van der Waals surface area (Å²) in [5, 5.41) is 4.73. The molecule has 6 nitrogen and oxygen atoms in total. The van der Waals surface area contributed by atoms with Crippen molar-refractivity contribution in [3.8, 4) is 0 Å². The average Bonchev–Trinajstić information content (AvgIpc) is 3.39. The molecule has 1 saturated carbocycles. The number of amides is 1. The third kappa shape index (κ3) is 5.89. The molecule has 1 aromatic carbocycles. The van der Waals surface area contributed by atoms with Gasteiger partial charge in [0.25, 0.3) is 0 Å². The number of fused-ring (bicyclic) bond motifs is 1. The van der Waals surface area contributed by atoms with Crippen molar-refractivity contribution >= 4 is 50.7 Å². The van der Waals surface area contributed by atoms with Gasteiger partial charge >= 0.3 is 0 Å². The molecule has 0 unspecified atom stereocenters. The van der Waals surface area contributed by atoms with Gasteiger partial charge < -0.3 is 11.1 Å². The first-order chi connectivity index (χ1) is 15.8. The lowest BCUT2D eigenvalue weighted by atomic mass is 10.00. The van der Waals surface area contributed by atoms with Crippen LogP contribution in [0.1, 0.15) is 48.9 Å². The highest BCUT2D eigenvalue weighted by Crippen LogP contribution is 2.35. The van der Waals surface area contributed by atoms with E-state index in [1.807, 2.05) is 31.2 Å². The van der Waals surface area contributed by atoms with E-state index in [-0.39, 0.29) is 17.6 Å². The molecule has 0 saturated heterocycles. The van der Waals surface area contributed by atoms with Crippen molar-refractivity contribution in [1.82, 2.24) is 15.3 Å². The zero-order valence-electron chi connectivity index (χ0n) is 18.9. The maximum Gasteiger partial charge on any atom is 0.223 e. The summed E-state index contributed by atoms with van der Waals surface area (Å²) in [6.07, 6.45) is 4.52. The Bertz CT molecular complexity index is 1180. The third-order valence-electron chi connectivity index (χ3n) is 6.47. The van der Waals surface area contributed by atoms with E-state index in [2.05, 4.69) is 10.3 Å². The smallest absolute Gasteiger partial charge is 0.223 e. The fourth-order valence-electron chi connectivity index (χ4n) is 4.54. The average molecular weight is 485 g/mol. The van der Waals surface area contributed by atoms with Crippen LogP contribution in [0.4, 0.5) is 5.82 Å². The van der Waals surface area contributed by atoms with E-state index in [1.165, 1.54) is 0 Å². The molecule has 1 aliphatic rings. The summed E-state index contributed by atoms with van der Waals surface area (Å²) >= 11 is 7.76. The van der Waals surface area contributed by atoms with Gasteiger partial charge in [0.05, 0.1) is 21.3 Å². The zero-order valence-corrected chi connectivity index (χ0v) is 20.5. The lowest BCUT2D eigenvalue weighted by Gasteiger charge is -2.17. The van der Waals surface area contributed by atoms with Crippen LogP contribution in [0.25, 0.3) is 10.2 Å². The van der Waals surface area contributed by atoms with Crippen LogP contribution in [-0.2, 0) is 22.4 Å². The first-order valence-corrected chi connectivity index (χ1v) is 12.6. The molecule has 8 heteroatoms. The number of benzene rings is 1. The molecule has 1 fully saturated rings. The van der Waals surface area contributed by atoms with Crippen LogP contribution in [0.15, 0.2) is 30.3 Å². The molecular formula is C25H29ClN4O2S. The van der Waals surface area contributed by atoms with Gasteiger partial charge in [-0.05, 0) is 75.3 Å². The highest BCUT2D eigenvalue weighted by atomic mass is 35.5. The fourth-order valence-corrected chi connectivity index (χ4v) is 5.77. The Hall–Kier alpha value is -2.51. The summed E-state index contributed by atoms with van der Waals surface area (Å²) in [5.41, 5.74) is 8.47. The summed E-state index contributed by atoms with van der Waals surface area (Å²) < 4.78 is 1.14. The number of halogens is 1. The molecule has 174 valence electrons. The fraction of sp³-hybridized carbons (Fsp3) is 0.440. The number of nitrogens with two attached hydrogens (primary N) is 1. The van der Waals surface area contributed by atoms with Crippen molar-refractivity contribution in [1.29, 1.82) is 0 Å². The number of hydrogen-bond donors (Lipinski definition) is 2. The summed E-state index contributed by atoms with van der Waals surface area (Å²) in [5.74, 6) is 0.883. The third-order valence-corrected chi connectivity index (χ3v) is 7.76. The molecule has 2 heterocycles. The molecule has 0 radical (unpaired) electrons. The van der Waals surface area contributed by atoms with Crippen LogP contribution in [0.5, 0.6) is 0 Å². The van der Waals surface area contributed by atoms with Crippen molar-refractivity contribution in [2.75, 3.05) is 5.73 Å². The molecule has 1 amide bonds. The summed E-state index contributed by atoms with van der Waals surface area (Å²) in [4.78, 5) is 34.3. The van der Waals surface area contributed by atoms with Gasteiger partial charge in [-0.2, -0.15) is 0 Å². The number of pyridine rings is 1. The number of thiazole rings is 1. The van der Waals surface area contributed by atoms with E-state index >= 15 is 0 Å². The Morgan fingerprint density at radius 3 is 2.85 bits per heavy atom. The summed E-state index contributed by atoms with van der Waals surface area (Å²) in [6, 6.07) is 8.95. The number of aryl methyl sites for hydroxylation is 2. The highest BCUT2D eigenvalue weighted by molar-refractivity contribution is 7.18. The summed E-state index contributed by atoms with van der Waals surface area (Å²) in [6.45, 7) is 3.66. The zero-order chi connectivity index (χ0) is 23.5. The second-order valence-corrected chi connectivity index (χ2v) is 10.5. The van der Waals surface area contributed by atoms with Crippen LogP contribution >= 0.6 is 22.9 Å². The first kappa shape index (κ1) is 23.6. The van der Waals surface area contributed by atoms with Crippen LogP contribution in [0.3, 0.4) is 0 Å². The van der Waals surface area contributed by atoms with E-state index in [0.717, 1.165) is 52.2 Å². The molecule has 3 N–H and O–H groups in total. The molecule has 4 rings (SSSR count). The van der Waals surface area contributed by atoms with Crippen LogP contribution in [0.2, 0.25) is 5.02 Å². The van der Waals surface area contributed by atoms with Crippen molar-refractivity contribution in [3.63, 3.8) is 0 Å². The van der Waals surface area contributed by atoms with Gasteiger partial charge in [0.15, 0.2) is 5.78 Å². The van der Waals surface area contributed by atoms with E-state index in [9.17, 15) is 9.59 Å². The Balaban J connectivity index is 1.25. The number of rotatable bonds is 8. The molecule has 33 heavy (non-hydrogen) atoms. The second-order valence-electron chi connectivity index (χ2n) is 8.98. The molecule has 0 spiro atoms. The number of anilines is 1. The molecule has 0 aliphatic heterocycles. The number of carbonyl (C=O) groups is 2. The number of nitrogens with one attached hydrogen (secondary N) is 1. The molecule has 3 atom stereocenters.